The number of carbonyl (C=O) groups excluding carboxylic acids is 3. The Morgan fingerprint density at radius 3 is 2.52 bits per heavy atom. The van der Waals surface area contributed by atoms with Crippen LogP contribution in [-0.2, 0) is 9.59 Å². The standard InChI is InChI=1S/C18H24N4O3/c1-11(2)12-4-5-15(20-7-12)18(25)21-9-14(10-21)22-8-13(6-16(22)23)17(24)19-3/h4-5,7,11,13-14H,6,8-10H2,1-3H3,(H,19,24). The molecule has 2 fully saturated rings. The van der Waals surface area contributed by atoms with Crippen molar-refractivity contribution in [1.29, 1.82) is 0 Å². The van der Waals surface area contributed by atoms with Crippen LogP contribution in [0.4, 0.5) is 0 Å². The number of rotatable bonds is 4. The van der Waals surface area contributed by atoms with Crippen molar-refractivity contribution in [3.63, 3.8) is 0 Å². The Kier molecular flexibility index (Phi) is 4.74. The van der Waals surface area contributed by atoms with E-state index in [-0.39, 0.29) is 36.1 Å². The molecule has 1 aromatic heterocycles. The third-order valence-electron chi connectivity index (χ3n) is 5.04. The van der Waals surface area contributed by atoms with Gasteiger partial charge in [-0.1, -0.05) is 19.9 Å². The van der Waals surface area contributed by atoms with Gasteiger partial charge in [-0.25, -0.2) is 0 Å². The Morgan fingerprint density at radius 1 is 1.24 bits per heavy atom. The van der Waals surface area contributed by atoms with Crippen molar-refractivity contribution in [1.82, 2.24) is 20.1 Å². The van der Waals surface area contributed by atoms with E-state index >= 15 is 0 Å². The van der Waals surface area contributed by atoms with Gasteiger partial charge in [0.2, 0.25) is 11.8 Å². The number of likely N-dealkylation sites (tertiary alicyclic amines) is 2. The van der Waals surface area contributed by atoms with Crippen molar-refractivity contribution < 1.29 is 14.4 Å². The zero-order valence-electron chi connectivity index (χ0n) is 14.9. The fourth-order valence-electron chi connectivity index (χ4n) is 3.32. The summed E-state index contributed by atoms with van der Waals surface area (Å²) in [5.74, 6) is -0.129. The van der Waals surface area contributed by atoms with E-state index < -0.39 is 0 Å². The van der Waals surface area contributed by atoms with Gasteiger partial charge in [-0.05, 0) is 17.5 Å². The van der Waals surface area contributed by atoms with E-state index in [9.17, 15) is 14.4 Å². The first-order valence-corrected chi connectivity index (χ1v) is 8.67. The lowest BCUT2D eigenvalue weighted by Gasteiger charge is -2.43. The molecule has 7 heteroatoms. The van der Waals surface area contributed by atoms with Crippen LogP contribution < -0.4 is 5.32 Å². The molecule has 0 spiro atoms. The maximum Gasteiger partial charge on any atom is 0.272 e. The minimum Gasteiger partial charge on any atom is -0.359 e. The molecule has 3 amide bonds. The highest BCUT2D eigenvalue weighted by Gasteiger charge is 2.43. The van der Waals surface area contributed by atoms with E-state index in [1.54, 1.807) is 29.1 Å². The molecule has 0 aliphatic carbocycles. The molecular formula is C18H24N4O3. The van der Waals surface area contributed by atoms with Crippen molar-refractivity contribution in [3.05, 3.63) is 29.6 Å². The Hall–Kier alpha value is -2.44. The molecule has 25 heavy (non-hydrogen) atoms. The molecule has 1 aromatic rings. The number of aromatic nitrogens is 1. The summed E-state index contributed by atoms with van der Waals surface area (Å²) in [6, 6.07) is 3.69. The summed E-state index contributed by atoms with van der Waals surface area (Å²) in [5.41, 5.74) is 1.53. The average Bonchev–Trinajstić information content (AvgIpc) is 2.94. The van der Waals surface area contributed by atoms with Crippen LogP contribution >= 0.6 is 0 Å². The lowest BCUT2D eigenvalue weighted by Crippen LogP contribution is -2.61. The third-order valence-corrected chi connectivity index (χ3v) is 5.04. The summed E-state index contributed by atoms with van der Waals surface area (Å²) >= 11 is 0. The lowest BCUT2D eigenvalue weighted by atomic mass is 10.0. The van der Waals surface area contributed by atoms with Crippen LogP contribution in [-0.4, -0.2) is 65.2 Å². The molecule has 0 aromatic carbocycles. The van der Waals surface area contributed by atoms with Gasteiger partial charge in [-0.3, -0.25) is 19.4 Å². The molecule has 0 bridgehead atoms. The zero-order valence-corrected chi connectivity index (χ0v) is 14.9. The second-order valence-corrected chi connectivity index (χ2v) is 7.06. The smallest absolute Gasteiger partial charge is 0.272 e. The van der Waals surface area contributed by atoms with Gasteiger partial charge in [0.25, 0.3) is 5.91 Å². The number of nitrogens with zero attached hydrogens (tertiary/aromatic N) is 3. The quantitative estimate of drug-likeness (QED) is 0.868. The van der Waals surface area contributed by atoms with E-state index in [2.05, 4.69) is 24.1 Å². The second kappa shape index (κ2) is 6.82. The number of hydrogen-bond acceptors (Lipinski definition) is 4. The first-order valence-electron chi connectivity index (χ1n) is 8.67. The Morgan fingerprint density at radius 2 is 1.96 bits per heavy atom. The predicted octanol–water partition coefficient (Wildman–Crippen LogP) is 0.624. The van der Waals surface area contributed by atoms with E-state index in [0.717, 1.165) is 5.56 Å². The molecule has 3 heterocycles. The lowest BCUT2D eigenvalue weighted by molar-refractivity contribution is -0.132. The number of nitrogens with one attached hydrogen (secondary N) is 1. The van der Waals surface area contributed by atoms with Crippen molar-refractivity contribution >= 4 is 17.7 Å². The van der Waals surface area contributed by atoms with Crippen LogP contribution in [0.1, 0.15) is 42.2 Å². The largest absolute Gasteiger partial charge is 0.359 e. The summed E-state index contributed by atoms with van der Waals surface area (Å²) in [6.07, 6.45) is 2.00. The fourth-order valence-corrected chi connectivity index (χ4v) is 3.32. The normalized spacial score (nSPS) is 20.8. The average molecular weight is 344 g/mol. The van der Waals surface area contributed by atoms with E-state index in [1.807, 2.05) is 6.07 Å². The molecule has 0 saturated carbocycles. The topological polar surface area (TPSA) is 82.6 Å². The van der Waals surface area contributed by atoms with Crippen molar-refractivity contribution in [2.45, 2.75) is 32.2 Å². The Balaban J connectivity index is 1.56. The summed E-state index contributed by atoms with van der Waals surface area (Å²) < 4.78 is 0. The number of hydrogen-bond donors (Lipinski definition) is 1. The first kappa shape index (κ1) is 17.4. The van der Waals surface area contributed by atoms with E-state index in [1.165, 1.54) is 0 Å². The molecule has 1 atom stereocenters. The maximum atomic E-state index is 12.5. The molecule has 2 aliphatic heterocycles. The molecule has 1 unspecified atom stereocenters. The van der Waals surface area contributed by atoms with Crippen LogP contribution in [0.5, 0.6) is 0 Å². The summed E-state index contributed by atoms with van der Waals surface area (Å²) in [7, 11) is 1.58. The van der Waals surface area contributed by atoms with Crippen LogP contribution in [0.2, 0.25) is 0 Å². The number of carbonyl (C=O) groups is 3. The molecule has 3 rings (SSSR count). The maximum absolute atomic E-state index is 12.5. The van der Waals surface area contributed by atoms with Gasteiger partial charge >= 0.3 is 0 Å². The van der Waals surface area contributed by atoms with Crippen LogP contribution in [0.25, 0.3) is 0 Å². The highest BCUT2D eigenvalue weighted by molar-refractivity contribution is 5.93. The third kappa shape index (κ3) is 3.36. The fraction of sp³-hybridized carbons (Fsp3) is 0.556. The zero-order chi connectivity index (χ0) is 18.1. The minimum absolute atomic E-state index is 0.000966. The van der Waals surface area contributed by atoms with Crippen molar-refractivity contribution in [2.75, 3.05) is 26.7 Å². The molecule has 134 valence electrons. The molecule has 2 saturated heterocycles. The van der Waals surface area contributed by atoms with Gasteiger partial charge in [-0.2, -0.15) is 0 Å². The van der Waals surface area contributed by atoms with Gasteiger partial charge in [0.05, 0.1) is 12.0 Å². The molecule has 2 aliphatic rings. The Bertz CT molecular complexity index is 680. The van der Waals surface area contributed by atoms with Crippen LogP contribution in [0.3, 0.4) is 0 Å². The van der Waals surface area contributed by atoms with Crippen LogP contribution in [0, 0.1) is 5.92 Å². The number of pyridine rings is 1. The van der Waals surface area contributed by atoms with Crippen LogP contribution in [0.15, 0.2) is 18.3 Å². The second-order valence-electron chi connectivity index (χ2n) is 7.06. The van der Waals surface area contributed by atoms with E-state index in [4.69, 9.17) is 0 Å². The predicted molar refractivity (Wildman–Crippen MR) is 91.9 cm³/mol. The van der Waals surface area contributed by atoms with Gasteiger partial charge in [0, 0.05) is 39.3 Å². The molecular weight excluding hydrogens is 320 g/mol. The van der Waals surface area contributed by atoms with Crippen molar-refractivity contribution in [3.8, 4) is 0 Å². The molecule has 1 N–H and O–H groups in total. The monoisotopic (exact) mass is 344 g/mol. The molecule has 0 radical (unpaired) electrons. The van der Waals surface area contributed by atoms with Gasteiger partial charge in [0.15, 0.2) is 0 Å². The summed E-state index contributed by atoms with van der Waals surface area (Å²) in [4.78, 5) is 44.0. The first-order chi connectivity index (χ1) is 11.9. The SMILES string of the molecule is CNC(=O)C1CC(=O)N(C2CN(C(=O)c3ccc(C(C)C)cn3)C2)C1. The summed E-state index contributed by atoms with van der Waals surface area (Å²) in [5, 5.41) is 2.59. The van der Waals surface area contributed by atoms with Gasteiger partial charge < -0.3 is 15.1 Å². The summed E-state index contributed by atoms with van der Waals surface area (Å²) in [6.45, 7) is 5.60. The highest BCUT2D eigenvalue weighted by atomic mass is 16.2. The van der Waals surface area contributed by atoms with Gasteiger partial charge in [-0.15, -0.1) is 0 Å². The van der Waals surface area contributed by atoms with Gasteiger partial charge in [0.1, 0.15) is 5.69 Å². The van der Waals surface area contributed by atoms with Crippen molar-refractivity contribution in [2.24, 2.45) is 5.92 Å². The Labute approximate surface area is 147 Å². The number of amides is 3. The highest BCUT2D eigenvalue weighted by Crippen LogP contribution is 2.26. The molecule has 7 nitrogen and oxygen atoms in total. The minimum atomic E-state index is -0.285. The van der Waals surface area contributed by atoms with E-state index in [0.29, 0.717) is 31.2 Å².